The molecule has 0 saturated heterocycles. The Morgan fingerprint density at radius 3 is 1.81 bits per heavy atom. The molecule has 26 heavy (non-hydrogen) atoms. The molecule has 0 aromatic heterocycles. The molecule has 0 fully saturated rings. The quantitative estimate of drug-likeness (QED) is 0.659. The predicted molar refractivity (Wildman–Crippen MR) is 95.4 cm³/mol. The molecule has 138 valence electrons. The highest BCUT2D eigenvalue weighted by Crippen LogP contribution is 2.23. The van der Waals surface area contributed by atoms with E-state index in [0.717, 1.165) is 18.1 Å². The minimum absolute atomic E-state index is 0.168. The molecule has 2 rings (SSSR count). The summed E-state index contributed by atoms with van der Waals surface area (Å²) in [4.78, 5) is 22.0. The van der Waals surface area contributed by atoms with Gasteiger partial charge in [0.15, 0.2) is 0 Å². The van der Waals surface area contributed by atoms with Crippen LogP contribution in [-0.2, 0) is 19.6 Å². The fourth-order valence-electron chi connectivity index (χ4n) is 2.21. The average Bonchev–Trinajstić information content (AvgIpc) is 2.59. The van der Waals surface area contributed by atoms with Gasteiger partial charge in [-0.25, -0.2) is 8.42 Å². The second kappa shape index (κ2) is 7.86. The molecular weight excluding hydrogens is 382 g/mol. The van der Waals surface area contributed by atoms with E-state index >= 15 is 0 Å². The number of rotatable bonds is 7. The lowest BCUT2D eigenvalue weighted by Gasteiger charge is -2.18. The van der Waals surface area contributed by atoms with E-state index in [4.69, 9.17) is 21.8 Å². The van der Waals surface area contributed by atoms with Gasteiger partial charge in [-0.1, -0.05) is 35.9 Å². The second-order valence-electron chi connectivity index (χ2n) is 5.60. The van der Waals surface area contributed by atoms with Crippen molar-refractivity contribution in [3.05, 3.63) is 53.6 Å². The molecule has 0 bridgehead atoms. The lowest BCUT2D eigenvalue weighted by molar-refractivity contribution is -0.149. The fourth-order valence-corrected chi connectivity index (χ4v) is 3.61. The van der Waals surface area contributed by atoms with Crippen LogP contribution < -0.4 is 4.72 Å². The Labute approximate surface area is 155 Å². The fraction of sp³-hybridized carbons (Fsp3) is 0.176. The molecule has 0 radical (unpaired) electrons. The summed E-state index contributed by atoms with van der Waals surface area (Å²) in [6, 6.07) is 10.9. The van der Waals surface area contributed by atoms with Crippen LogP contribution in [0, 0.1) is 5.92 Å². The molecule has 0 heterocycles. The van der Waals surface area contributed by atoms with Crippen LogP contribution in [0.4, 0.5) is 0 Å². The Bertz CT molecular complexity index is 909. The molecule has 7 nitrogen and oxygen atoms in total. The molecule has 2 aromatic carbocycles. The minimum Gasteiger partial charge on any atom is -0.481 e. The Kier molecular flexibility index (Phi) is 6.01. The molecule has 0 aliphatic rings. The summed E-state index contributed by atoms with van der Waals surface area (Å²) in [7, 11) is -4.20. The Balaban J connectivity index is 2.27. The third-order valence-electron chi connectivity index (χ3n) is 3.78. The predicted octanol–water partition coefficient (Wildman–Crippen LogP) is 2.46. The zero-order valence-electron chi connectivity index (χ0n) is 13.6. The third kappa shape index (κ3) is 4.60. The van der Waals surface area contributed by atoms with Gasteiger partial charge in [-0.2, -0.15) is 4.72 Å². The molecule has 0 saturated carbocycles. The number of benzene rings is 2. The van der Waals surface area contributed by atoms with Gasteiger partial charge in [0.2, 0.25) is 10.0 Å². The number of carboxylic acid groups (broad SMARTS) is 2. The van der Waals surface area contributed by atoms with Crippen LogP contribution in [0.5, 0.6) is 0 Å². The lowest BCUT2D eigenvalue weighted by atomic mass is 10.0. The van der Waals surface area contributed by atoms with Gasteiger partial charge < -0.3 is 10.2 Å². The van der Waals surface area contributed by atoms with Crippen LogP contribution >= 0.6 is 11.6 Å². The summed E-state index contributed by atoms with van der Waals surface area (Å²) in [5, 5.41) is 18.6. The molecule has 3 N–H and O–H groups in total. The number of hydrogen-bond acceptors (Lipinski definition) is 4. The van der Waals surface area contributed by atoms with E-state index in [2.05, 4.69) is 0 Å². The van der Waals surface area contributed by atoms with Crippen molar-refractivity contribution >= 4 is 33.6 Å². The minimum atomic E-state index is -4.20. The van der Waals surface area contributed by atoms with Gasteiger partial charge >= 0.3 is 11.9 Å². The topological polar surface area (TPSA) is 121 Å². The zero-order valence-corrected chi connectivity index (χ0v) is 15.2. The SMILES string of the molecule is CC(C(=O)O)[C@@H](NS(=O)(=O)c1ccc(-c2ccc(Cl)cc2)cc1)C(=O)O. The Hall–Kier alpha value is -2.42. The normalized spacial score (nSPS) is 13.8. The number of halogens is 1. The van der Waals surface area contributed by atoms with Crippen LogP contribution in [0.3, 0.4) is 0 Å². The number of aliphatic carboxylic acids is 2. The van der Waals surface area contributed by atoms with Crippen LogP contribution in [0.15, 0.2) is 53.4 Å². The lowest BCUT2D eigenvalue weighted by Crippen LogP contribution is -2.47. The number of hydrogen-bond donors (Lipinski definition) is 3. The summed E-state index contributed by atoms with van der Waals surface area (Å²) >= 11 is 5.83. The first-order valence-electron chi connectivity index (χ1n) is 7.46. The summed E-state index contributed by atoms with van der Waals surface area (Å²) in [5.41, 5.74) is 1.57. The van der Waals surface area contributed by atoms with E-state index in [9.17, 15) is 18.0 Å². The van der Waals surface area contributed by atoms with E-state index in [1.807, 2.05) is 4.72 Å². The van der Waals surface area contributed by atoms with Crippen molar-refractivity contribution in [1.82, 2.24) is 4.72 Å². The van der Waals surface area contributed by atoms with Crippen LogP contribution in [0.25, 0.3) is 11.1 Å². The standard InChI is InChI=1S/C17H16ClNO6S/c1-10(16(20)21)15(17(22)23)19-26(24,25)14-8-4-12(5-9-14)11-2-6-13(18)7-3-11/h2-10,15,19H,1H3,(H,20,21)(H,22,23)/t10?,15-/m1/s1. The summed E-state index contributed by atoms with van der Waals surface area (Å²) in [6.07, 6.45) is 0. The maximum Gasteiger partial charge on any atom is 0.322 e. The van der Waals surface area contributed by atoms with Gasteiger partial charge in [0.25, 0.3) is 0 Å². The maximum atomic E-state index is 12.4. The van der Waals surface area contributed by atoms with Crippen molar-refractivity contribution in [1.29, 1.82) is 0 Å². The summed E-state index contributed by atoms with van der Waals surface area (Å²) in [5.74, 6) is -4.42. The molecule has 2 atom stereocenters. The first kappa shape index (κ1) is 19.9. The van der Waals surface area contributed by atoms with Gasteiger partial charge in [-0.05, 0) is 42.3 Å². The molecule has 1 unspecified atom stereocenters. The summed E-state index contributed by atoms with van der Waals surface area (Å²) in [6.45, 7) is 1.12. The second-order valence-corrected chi connectivity index (χ2v) is 7.75. The molecule has 2 aromatic rings. The van der Waals surface area contributed by atoms with Gasteiger partial charge in [-0.15, -0.1) is 0 Å². The number of sulfonamides is 1. The van der Waals surface area contributed by atoms with Crippen LogP contribution in [0.1, 0.15) is 6.92 Å². The van der Waals surface area contributed by atoms with Crippen molar-refractivity contribution in [2.75, 3.05) is 0 Å². The summed E-state index contributed by atoms with van der Waals surface area (Å²) < 4.78 is 26.7. The van der Waals surface area contributed by atoms with Crippen molar-refractivity contribution < 1.29 is 28.2 Å². The van der Waals surface area contributed by atoms with Crippen molar-refractivity contribution in [3.8, 4) is 11.1 Å². The Morgan fingerprint density at radius 1 is 0.923 bits per heavy atom. The van der Waals surface area contributed by atoms with Crippen molar-refractivity contribution in [3.63, 3.8) is 0 Å². The smallest absolute Gasteiger partial charge is 0.322 e. The highest BCUT2D eigenvalue weighted by atomic mass is 35.5. The van der Waals surface area contributed by atoms with E-state index in [1.165, 1.54) is 12.1 Å². The average molecular weight is 398 g/mol. The van der Waals surface area contributed by atoms with Gasteiger partial charge in [0, 0.05) is 5.02 Å². The molecule has 0 aliphatic carbocycles. The van der Waals surface area contributed by atoms with Gasteiger partial charge in [0.05, 0.1) is 10.8 Å². The van der Waals surface area contributed by atoms with Crippen molar-refractivity contribution in [2.24, 2.45) is 5.92 Å². The first-order chi connectivity index (χ1) is 12.1. The number of nitrogens with one attached hydrogen (secondary N) is 1. The number of carboxylic acids is 2. The monoisotopic (exact) mass is 397 g/mol. The van der Waals surface area contributed by atoms with E-state index in [-0.39, 0.29) is 4.90 Å². The highest BCUT2D eigenvalue weighted by molar-refractivity contribution is 7.89. The van der Waals surface area contributed by atoms with E-state index in [1.54, 1.807) is 36.4 Å². The van der Waals surface area contributed by atoms with E-state index in [0.29, 0.717) is 5.02 Å². The highest BCUT2D eigenvalue weighted by Gasteiger charge is 2.34. The molecule has 0 aliphatic heterocycles. The third-order valence-corrected chi connectivity index (χ3v) is 5.49. The first-order valence-corrected chi connectivity index (χ1v) is 9.32. The zero-order chi connectivity index (χ0) is 19.5. The van der Waals surface area contributed by atoms with Gasteiger partial charge in [0.1, 0.15) is 6.04 Å². The van der Waals surface area contributed by atoms with Crippen LogP contribution in [0.2, 0.25) is 5.02 Å². The molecular formula is C17H16ClNO6S. The van der Waals surface area contributed by atoms with E-state index < -0.39 is 33.9 Å². The molecule has 9 heteroatoms. The number of carbonyl (C=O) groups is 2. The van der Waals surface area contributed by atoms with Gasteiger partial charge in [-0.3, -0.25) is 9.59 Å². The maximum absolute atomic E-state index is 12.4. The van der Waals surface area contributed by atoms with Crippen molar-refractivity contribution in [2.45, 2.75) is 17.9 Å². The van der Waals surface area contributed by atoms with Crippen LogP contribution in [-0.4, -0.2) is 36.6 Å². The Morgan fingerprint density at radius 2 is 1.38 bits per heavy atom. The molecule has 0 amide bonds. The molecule has 0 spiro atoms. The largest absolute Gasteiger partial charge is 0.481 e.